The summed E-state index contributed by atoms with van der Waals surface area (Å²) in [6, 6.07) is 5.60. The largest absolute Gasteiger partial charge is 0.496 e. The number of thioether (sulfide) groups is 1. The Morgan fingerprint density at radius 1 is 1.42 bits per heavy atom. The first-order valence-corrected chi connectivity index (χ1v) is 10.1. The van der Waals surface area contributed by atoms with Gasteiger partial charge in [0.05, 0.1) is 18.4 Å². The van der Waals surface area contributed by atoms with E-state index in [2.05, 4.69) is 27.4 Å². The summed E-state index contributed by atoms with van der Waals surface area (Å²) < 4.78 is 5.34. The van der Waals surface area contributed by atoms with Gasteiger partial charge in [-0.15, -0.1) is 5.10 Å². The first kappa shape index (κ1) is 19.0. The molecule has 1 fully saturated rings. The molecule has 0 radical (unpaired) electrons. The number of hydrogen-bond acceptors (Lipinski definition) is 5. The van der Waals surface area contributed by atoms with E-state index in [0.29, 0.717) is 33.4 Å². The zero-order valence-electron chi connectivity index (χ0n) is 14.9. The number of carbonyl (C=O) groups excluding carboxylic acids is 1. The summed E-state index contributed by atoms with van der Waals surface area (Å²) in [4.78, 5) is 16.7. The van der Waals surface area contributed by atoms with Crippen molar-refractivity contribution in [1.29, 1.82) is 0 Å². The lowest BCUT2D eigenvalue weighted by Crippen LogP contribution is -2.41. The Balaban J connectivity index is 1.59. The molecule has 3 rings (SSSR count). The van der Waals surface area contributed by atoms with Crippen LogP contribution in [0.25, 0.3) is 11.4 Å². The highest BCUT2D eigenvalue weighted by Crippen LogP contribution is 2.31. The van der Waals surface area contributed by atoms with Gasteiger partial charge in [-0.25, -0.2) is 4.98 Å². The smallest absolute Gasteiger partial charge is 0.230 e. The molecular weight excluding hydrogens is 372 g/mol. The minimum atomic E-state index is 0.0282. The summed E-state index contributed by atoms with van der Waals surface area (Å²) in [5, 5.41) is 11.3. The number of methoxy groups -OCH3 is 1. The molecule has 2 N–H and O–H groups in total. The van der Waals surface area contributed by atoms with E-state index in [-0.39, 0.29) is 11.9 Å². The zero-order valence-corrected chi connectivity index (χ0v) is 16.5. The molecule has 1 saturated carbocycles. The number of nitrogens with one attached hydrogen (secondary N) is 2. The van der Waals surface area contributed by atoms with Crippen LogP contribution >= 0.6 is 23.4 Å². The fourth-order valence-electron chi connectivity index (χ4n) is 3.21. The van der Waals surface area contributed by atoms with Gasteiger partial charge in [0.2, 0.25) is 11.1 Å². The normalized spacial score (nSPS) is 20.0. The first-order valence-electron chi connectivity index (χ1n) is 8.75. The van der Waals surface area contributed by atoms with Crippen LogP contribution in [0.2, 0.25) is 5.02 Å². The highest BCUT2D eigenvalue weighted by atomic mass is 35.5. The van der Waals surface area contributed by atoms with E-state index in [1.165, 1.54) is 31.0 Å². The highest BCUT2D eigenvalue weighted by molar-refractivity contribution is 7.99. The summed E-state index contributed by atoms with van der Waals surface area (Å²) in [6.07, 6.45) is 4.70. The van der Waals surface area contributed by atoms with Crippen LogP contribution in [0.15, 0.2) is 23.4 Å². The molecule has 6 nitrogen and oxygen atoms in total. The molecule has 1 aliphatic carbocycles. The van der Waals surface area contributed by atoms with Gasteiger partial charge in [-0.1, -0.05) is 43.1 Å². The molecule has 140 valence electrons. The average molecular weight is 395 g/mol. The van der Waals surface area contributed by atoms with Crippen LogP contribution in [0.3, 0.4) is 0 Å². The summed E-state index contributed by atoms with van der Waals surface area (Å²) >= 11 is 7.37. The van der Waals surface area contributed by atoms with Crippen molar-refractivity contribution in [1.82, 2.24) is 20.5 Å². The minimum absolute atomic E-state index is 0.0282. The van der Waals surface area contributed by atoms with Gasteiger partial charge in [0.25, 0.3) is 0 Å². The molecule has 0 saturated heterocycles. The lowest BCUT2D eigenvalue weighted by molar-refractivity contribution is -0.119. The second-order valence-electron chi connectivity index (χ2n) is 6.54. The van der Waals surface area contributed by atoms with Gasteiger partial charge in [-0.3, -0.25) is 9.89 Å². The minimum Gasteiger partial charge on any atom is -0.496 e. The van der Waals surface area contributed by atoms with Gasteiger partial charge < -0.3 is 10.1 Å². The number of ether oxygens (including phenoxy) is 1. The van der Waals surface area contributed by atoms with Crippen LogP contribution < -0.4 is 10.1 Å². The van der Waals surface area contributed by atoms with Crippen LogP contribution in [-0.2, 0) is 4.79 Å². The van der Waals surface area contributed by atoms with Crippen molar-refractivity contribution < 1.29 is 9.53 Å². The molecule has 2 aromatic rings. The second kappa shape index (κ2) is 8.77. The van der Waals surface area contributed by atoms with E-state index in [1.807, 2.05) is 0 Å². The van der Waals surface area contributed by atoms with Crippen molar-refractivity contribution in [3.8, 4) is 17.1 Å². The van der Waals surface area contributed by atoms with E-state index in [0.717, 1.165) is 12.0 Å². The van der Waals surface area contributed by atoms with Gasteiger partial charge in [0.1, 0.15) is 5.75 Å². The molecule has 1 aromatic heterocycles. The van der Waals surface area contributed by atoms with Crippen molar-refractivity contribution in [2.45, 2.75) is 43.8 Å². The Labute approximate surface area is 162 Å². The molecule has 0 unspecified atom stereocenters. The van der Waals surface area contributed by atoms with Crippen molar-refractivity contribution in [2.75, 3.05) is 12.9 Å². The standard InChI is InChI=1S/C18H23ClN4O2S/c1-11-5-3-4-6-14(11)20-16(24)10-26-18-21-17(22-23-18)13-9-12(19)7-8-15(13)25-2/h7-9,11,14H,3-6,10H2,1-2H3,(H,20,24)(H,21,22,23)/t11-,14+/m0/s1. The monoisotopic (exact) mass is 394 g/mol. The number of aromatic amines is 1. The summed E-state index contributed by atoms with van der Waals surface area (Å²) in [6.45, 7) is 2.21. The quantitative estimate of drug-likeness (QED) is 0.726. The molecule has 1 aromatic carbocycles. The van der Waals surface area contributed by atoms with E-state index in [1.54, 1.807) is 25.3 Å². The van der Waals surface area contributed by atoms with Crippen LogP contribution in [0.5, 0.6) is 5.75 Å². The van der Waals surface area contributed by atoms with E-state index >= 15 is 0 Å². The molecular formula is C18H23ClN4O2S. The maximum absolute atomic E-state index is 12.2. The number of nitrogens with zero attached hydrogens (tertiary/aromatic N) is 2. The van der Waals surface area contributed by atoms with Crippen molar-refractivity contribution in [3.05, 3.63) is 23.2 Å². The van der Waals surface area contributed by atoms with Crippen molar-refractivity contribution in [2.24, 2.45) is 5.92 Å². The molecule has 8 heteroatoms. The van der Waals surface area contributed by atoms with Gasteiger partial charge in [-0.05, 0) is 37.0 Å². The SMILES string of the molecule is COc1ccc(Cl)cc1-c1nc(SCC(=O)N[C@@H]2CCCC[C@@H]2C)n[nH]1. The third-order valence-electron chi connectivity index (χ3n) is 4.67. The molecule has 0 bridgehead atoms. The Kier molecular flexibility index (Phi) is 6.43. The average Bonchev–Trinajstić information content (AvgIpc) is 3.11. The number of rotatable bonds is 6. The third kappa shape index (κ3) is 4.71. The predicted molar refractivity (Wildman–Crippen MR) is 104 cm³/mol. The summed E-state index contributed by atoms with van der Waals surface area (Å²) in [5.41, 5.74) is 0.736. The maximum atomic E-state index is 12.2. The molecule has 1 heterocycles. The molecule has 0 aliphatic heterocycles. The van der Waals surface area contributed by atoms with Gasteiger partial charge in [0.15, 0.2) is 5.82 Å². The van der Waals surface area contributed by atoms with Crippen LogP contribution in [-0.4, -0.2) is 40.0 Å². The molecule has 1 amide bonds. The number of carbonyl (C=O) groups is 1. The molecule has 1 aliphatic rings. The zero-order chi connectivity index (χ0) is 18.5. The topological polar surface area (TPSA) is 79.9 Å². The van der Waals surface area contributed by atoms with Crippen LogP contribution in [0.1, 0.15) is 32.6 Å². The Morgan fingerprint density at radius 3 is 3.00 bits per heavy atom. The molecule has 26 heavy (non-hydrogen) atoms. The van der Waals surface area contributed by atoms with E-state index in [4.69, 9.17) is 16.3 Å². The van der Waals surface area contributed by atoms with Gasteiger partial charge in [-0.2, -0.15) is 0 Å². The number of hydrogen-bond donors (Lipinski definition) is 2. The van der Waals surface area contributed by atoms with Crippen LogP contribution in [0.4, 0.5) is 0 Å². The Morgan fingerprint density at radius 2 is 2.23 bits per heavy atom. The van der Waals surface area contributed by atoms with E-state index in [9.17, 15) is 4.79 Å². The second-order valence-corrected chi connectivity index (χ2v) is 7.91. The summed E-state index contributed by atoms with van der Waals surface area (Å²) in [7, 11) is 1.59. The van der Waals surface area contributed by atoms with Gasteiger partial charge in [0, 0.05) is 11.1 Å². The van der Waals surface area contributed by atoms with Gasteiger partial charge >= 0.3 is 0 Å². The highest BCUT2D eigenvalue weighted by Gasteiger charge is 2.23. The third-order valence-corrected chi connectivity index (χ3v) is 5.75. The molecule has 2 atom stereocenters. The number of benzene rings is 1. The Bertz CT molecular complexity index is 767. The summed E-state index contributed by atoms with van der Waals surface area (Å²) in [5.74, 6) is 2.09. The lowest BCUT2D eigenvalue weighted by atomic mass is 9.86. The first-order chi connectivity index (χ1) is 12.6. The number of aromatic nitrogens is 3. The predicted octanol–water partition coefficient (Wildman–Crippen LogP) is 3.92. The molecule has 0 spiro atoms. The van der Waals surface area contributed by atoms with Crippen molar-refractivity contribution >= 4 is 29.3 Å². The lowest BCUT2D eigenvalue weighted by Gasteiger charge is -2.29. The Hall–Kier alpha value is -1.73. The number of halogens is 1. The van der Waals surface area contributed by atoms with E-state index < -0.39 is 0 Å². The number of H-pyrrole nitrogens is 1. The number of amides is 1. The van der Waals surface area contributed by atoms with Crippen molar-refractivity contribution in [3.63, 3.8) is 0 Å². The fraction of sp³-hybridized carbons (Fsp3) is 0.500. The van der Waals surface area contributed by atoms with Crippen LogP contribution in [0, 0.1) is 5.92 Å². The fourth-order valence-corrected chi connectivity index (χ4v) is 3.99. The maximum Gasteiger partial charge on any atom is 0.230 e.